The number of allylic oxidation sites excluding steroid dienone is 1. The minimum atomic E-state index is -0.0380. The molecule has 0 unspecified atom stereocenters. The van der Waals surface area contributed by atoms with E-state index >= 15 is 0 Å². The molecule has 2 aliphatic rings. The first-order valence-corrected chi connectivity index (χ1v) is 8.34. The SMILES string of the molecule is [C-]#[N+]c1cccc(-c2ccc3c(c2)C(NC#N)=CC32CCOCC2)c1. The summed E-state index contributed by atoms with van der Waals surface area (Å²) in [7, 11) is 0. The van der Waals surface area contributed by atoms with E-state index in [-0.39, 0.29) is 5.41 Å². The van der Waals surface area contributed by atoms with E-state index < -0.39 is 0 Å². The molecular weight excluding hydrogens is 310 g/mol. The minimum absolute atomic E-state index is 0.0380. The number of hydrogen-bond acceptors (Lipinski definition) is 3. The average molecular weight is 327 g/mol. The van der Waals surface area contributed by atoms with Crippen molar-refractivity contribution in [1.29, 1.82) is 5.26 Å². The number of ether oxygens (including phenoxy) is 1. The van der Waals surface area contributed by atoms with Gasteiger partial charge < -0.3 is 4.74 Å². The van der Waals surface area contributed by atoms with E-state index in [1.807, 2.05) is 24.3 Å². The summed E-state index contributed by atoms with van der Waals surface area (Å²) in [5.41, 5.74) is 5.88. The molecule has 1 fully saturated rings. The highest BCUT2D eigenvalue weighted by atomic mass is 16.5. The molecule has 1 N–H and O–H groups in total. The van der Waals surface area contributed by atoms with Crippen LogP contribution in [0.5, 0.6) is 0 Å². The highest BCUT2D eigenvalue weighted by molar-refractivity contribution is 5.81. The Labute approximate surface area is 147 Å². The van der Waals surface area contributed by atoms with Crippen molar-refractivity contribution in [2.45, 2.75) is 18.3 Å². The smallest absolute Gasteiger partial charge is 0.187 e. The molecule has 4 heteroatoms. The van der Waals surface area contributed by atoms with Gasteiger partial charge in [0.25, 0.3) is 0 Å². The quantitative estimate of drug-likeness (QED) is 0.506. The van der Waals surface area contributed by atoms with Gasteiger partial charge in [-0.05, 0) is 47.7 Å². The van der Waals surface area contributed by atoms with E-state index in [2.05, 4.69) is 40.6 Å². The topological polar surface area (TPSA) is 49.4 Å². The summed E-state index contributed by atoms with van der Waals surface area (Å²) in [5.74, 6) is 0. The molecule has 0 amide bonds. The first kappa shape index (κ1) is 15.4. The van der Waals surface area contributed by atoms with Gasteiger partial charge in [-0.15, -0.1) is 0 Å². The zero-order valence-corrected chi connectivity index (χ0v) is 13.7. The summed E-state index contributed by atoms with van der Waals surface area (Å²) in [5, 5.41) is 12.0. The van der Waals surface area contributed by atoms with Crippen LogP contribution >= 0.6 is 0 Å². The van der Waals surface area contributed by atoms with Gasteiger partial charge in [-0.2, -0.15) is 5.26 Å². The van der Waals surface area contributed by atoms with Crippen molar-refractivity contribution in [2.75, 3.05) is 13.2 Å². The maximum absolute atomic E-state index is 9.13. The second-order valence-electron chi connectivity index (χ2n) is 6.49. The molecule has 1 saturated heterocycles. The van der Waals surface area contributed by atoms with Gasteiger partial charge in [-0.25, -0.2) is 4.85 Å². The predicted octanol–water partition coefficient (Wildman–Crippen LogP) is 4.38. The van der Waals surface area contributed by atoms with Gasteiger partial charge in [0.15, 0.2) is 11.9 Å². The number of nitrogens with one attached hydrogen (secondary N) is 1. The molecule has 4 nitrogen and oxygen atoms in total. The molecule has 0 radical (unpaired) electrons. The number of nitriles is 1. The number of hydrogen-bond donors (Lipinski definition) is 1. The summed E-state index contributed by atoms with van der Waals surface area (Å²) in [6.07, 6.45) is 6.13. The third-order valence-corrected chi connectivity index (χ3v) is 5.15. The number of benzene rings is 2. The first-order chi connectivity index (χ1) is 12.3. The lowest BCUT2D eigenvalue weighted by Gasteiger charge is -2.33. The van der Waals surface area contributed by atoms with Crippen LogP contribution in [0.3, 0.4) is 0 Å². The molecule has 1 heterocycles. The summed E-state index contributed by atoms with van der Waals surface area (Å²) >= 11 is 0. The Bertz CT molecular complexity index is 940. The summed E-state index contributed by atoms with van der Waals surface area (Å²) in [6.45, 7) is 8.68. The summed E-state index contributed by atoms with van der Waals surface area (Å²) < 4.78 is 5.54. The molecule has 25 heavy (non-hydrogen) atoms. The van der Waals surface area contributed by atoms with Crippen LogP contribution in [0.25, 0.3) is 21.7 Å². The second-order valence-corrected chi connectivity index (χ2v) is 6.49. The normalized spacial score (nSPS) is 17.3. The van der Waals surface area contributed by atoms with E-state index in [1.54, 1.807) is 0 Å². The van der Waals surface area contributed by atoms with Crippen LogP contribution in [-0.2, 0) is 10.2 Å². The van der Waals surface area contributed by atoms with Crippen LogP contribution in [-0.4, -0.2) is 13.2 Å². The highest BCUT2D eigenvalue weighted by Gasteiger charge is 2.39. The van der Waals surface area contributed by atoms with Crippen molar-refractivity contribution in [1.82, 2.24) is 5.32 Å². The fraction of sp³-hybridized carbons (Fsp3) is 0.238. The first-order valence-electron chi connectivity index (χ1n) is 8.34. The number of rotatable bonds is 2. The number of nitrogens with zero attached hydrogens (tertiary/aromatic N) is 2. The van der Waals surface area contributed by atoms with E-state index in [0.717, 1.165) is 48.4 Å². The monoisotopic (exact) mass is 327 g/mol. The maximum Gasteiger partial charge on any atom is 0.187 e. The van der Waals surface area contributed by atoms with E-state index in [9.17, 15) is 0 Å². The van der Waals surface area contributed by atoms with E-state index in [1.165, 1.54) is 5.56 Å². The van der Waals surface area contributed by atoms with Gasteiger partial charge in [0.1, 0.15) is 0 Å². The maximum atomic E-state index is 9.13. The van der Waals surface area contributed by atoms with Crippen molar-refractivity contribution in [2.24, 2.45) is 0 Å². The summed E-state index contributed by atoms with van der Waals surface area (Å²) in [4.78, 5) is 3.51. The van der Waals surface area contributed by atoms with Gasteiger partial charge >= 0.3 is 0 Å². The van der Waals surface area contributed by atoms with Crippen LogP contribution in [0.4, 0.5) is 5.69 Å². The Morgan fingerprint density at radius 2 is 1.92 bits per heavy atom. The Kier molecular flexibility index (Phi) is 3.76. The van der Waals surface area contributed by atoms with Gasteiger partial charge in [-0.3, -0.25) is 5.32 Å². The van der Waals surface area contributed by atoms with Crippen molar-refractivity contribution < 1.29 is 4.74 Å². The molecule has 0 atom stereocenters. The van der Waals surface area contributed by atoms with Crippen LogP contribution in [0.15, 0.2) is 48.5 Å². The van der Waals surface area contributed by atoms with Crippen LogP contribution in [0, 0.1) is 18.0 Å². The van der Waals surface area contributed by atoms with Crippen molar-refractivity contribution >= 4 is 11.4 Å². The Hall–Kier alpha value is -3.08. The van der Waals surface area contributed by atoms with E-state index in [4.69, 9.17) is 16.6 Å². The van der Waals surface area contributed by atoms with Crippen LogP contribution in [0.1, 0.15) is 24.0 Å². The fourth-order valence-corrected chi connectivity index (χ4v) is 3.88. The van der Waals surface area contributed by atoms with Gasteiger partial charge in [0, 0.05) is 24.2 Å². The van der Waals surface area contributed by atoms with Crippen LogP contribution < -0.4 is 5.32 Å². The molecule has 4 rings (SSSR count). The van der Waals surface area contributed by atoms with Crippen LogP contribution in [0.2, 0.25) is 0 Å². The third kappa shape index (κ3) is 2.58. The molecule has 0 saturated carbocycles. The lowest BCUT2D eigenvalue weighted by Crippen LogP contribution is -2.30. The molecule has 1 spiro atoms. The second kappa shape index (κ2) is 6.09. The Morgan fingerprint density at radius 3 is 2.68 bits per heavy atom. The lowest BCUT2D eigenvalue weighted by atomic mass is 9.76. The van der Waals surface area contributed by atoms with Gasteiger partial charge in [0.2, 0.25) is 0 Å². The Morgan fingerprint density at radius 1 is 1.12 bits per heavy atom. The van der Waals surface area contributed by atoms with E-state index in [0.29, 0.717) is 5.69 Å². The third-order valence-electron chi connectivity index (χ3n) is 5.15. The molecular formula is C21H17N3O. The molecule has 2 aromatic carbocycles. The standard InChI is InChI=1S/C21H17N3O/c1-23-17-4-2-3-15(11-17)16-5-6-19-18(12-16)20(24-14-22)13-21(19)7-9-25-10-8-21/h2-6,11-13,24H,7-10H2. The van der Waals surface area contributed by atoms with Crippen molar-refractivity contribution in [3.8, 4) is 17.3 Å². The lowest BCUT2D eigenvalue weighted by molar-refractivity contribution is 0.0662. The van der Waals surface area contributed by atoms with Gasteiger partial charge in [-0.1, -0.05) is 30.3 Å². The molecule has 0 bridgehead atoms. The molecule has 122 valence electrons. The summed E-state index contributed by atoms with van der Waals surface area (Å²) in [6, 6.07) is 14.0. The molecule has 0 aromatic heterocycles. The van der Waals surface area contributed by atoms with Gasteiger partial charge in [0.05, 0.1) is 12.3 Å². The zero-order valence-electron chi connectivity index (χ0n) is 13.7. The zero-order chi connectivity index (χ0) is 17.3. The van der Waals surface area contributed by atoms with Crippen molar-refractivity contribution in [3.05, 3.63) is 71.1 Å². The highest BCUT2D eigenvalue weighted by Crippen LogP contribution is 2.47. The molecule has 1 aliphatic heterocycles. The molecule has 2 aromatic rings. The van der Waals surface area contributed by atoms with Crippen molar-refractivity contribution in [3.63, 3.8) is 0 Å². The number of fused-ring (bicyclic) bond motifs is 2. The molecule has 1 aliphatic carbocycles. The fourth-order valence-electron chi connectivity index (χ4n) is 3.88. The minimum Gasteiger partial charge on any atom is -0.381 e. The largest absolute Gasteiger partial charge is 0.381 e. The predicted molar refractivity (Wildman–Crippen MR) is 96.6 cm³/mol. The Balaban J connectivity index is 1.82. The average Bonchev–Trinajstić information content (AvgIpc) is 2.95.